The summed E-state index contributed by atoms with van der Waals surface area (Å²) in [7, 11) is 1.26. The Kier molecular flexibility index (Phi) is 5.83. The molecule has 8 heteroatoms. The van der Waals surface area contributed by atoms with Crippen LogP contribution in [0, 0.1) is 0 Å². The van der Waals surface area contributed by atoms with E-state index in [2.05, 4.69) is 5.32 Å². The standard InChI is InChI=1S/C20H23N3O3S2/c1-22(2)28(25,26)17-9-10-18-15(11-17)12-19(23(18)3)20(24)21-13-14-5-7-16(27-4)8-6-14/h5-12H,13H2,1-4H3,(H,21,24). The highest BCUT2D eigenvalue weighted by molar-refractivity contribution is 7.98. The van der Waals surface area contributed by atoms with Gasteiger partial charge >= 0.3 is 0 Å². The van der Waals surface area contributed by atoms with Crippen LogP contribution in [-0.4, -0.2) is 43.5 Å². The molecule has 0 aliphatic rings. The molecule has 28 heavy (non-hydrogen) atoms. The molecule has 1 aromatic heterocycles. The average molecular weight is 418 g/mol. The van der Waals surface area contributed by atoms with Crippen LogP contribution in [0.15, 0.2) is 58.3 Å². The van der Waals surface area contributed by atoms with Crippen molar-refractivity contribution in [3.63, 3.8) is 0 Å². The van der Waals surface area contributed by atoms with Crippen molar-refractivity contribution < 1.29 is 13.2 Å². The van der Waals surface area contributed by atoms with Gasteiger partial charge in [-0.1, -0.05) is 12.1 Å². The normalized spacial score (nSPS) is 11.9. The molecule has 6 nitrogen and oxygen atoms in total. The zero-order valence-electron chi connectivity index (χ0n) is 16.3. The maximum Gasteiger partial charge on any atom is 0.268 e. The minimum absolute atomic E-state index is 0.204. The number of aromatic nitrogens is 1. The van der Waals surface area contributed by atoms with Gasteiger partial charge in [-0.25, -0.2) is 12.7 Å². The lowest BCUT2D eigenvalue weighted by atomic mass is 10.2. The minimum atomic E-state index is -3.52. The zero-order chi connectivity index (χ0) is 20.5. The third kappa shape index (κ3) is 3.94. The number of rotatable bonds is 6. The van der Waals surface area contributed by atoms with E-state index in [-0.39, 0.29) is 10.8 Å². The number of sulfonamides is 1. The van der Waals surface area contributed by atoms with Crippen molar-refractivity contribution in [1.29, 1.82) is 0 Å². The first kappa shape index (κ1) is 20.4. The Labute approximate surface area is 169 Å². The van der Waals surface area contributed by atoms with Crippen LogP contribution in [0.2, 0.25) is 0 Å². The van der Waals surface area contributed by atoms with E-state index >= 15 is 0 Å². The summed E-state index contributed by atoms with van der Waals surface area (Å²) in [6, 6.07) is 14.6. The van der Waals surface area contributed by atoms with E-state index in [0.717, 1.165) is 11.1 Å². The fourth-order valence-electron chi connectivity index (χ4n) is 2.93. The number of carbonyl (C=O) groups excluding carboxylic acids is 1. The largest absolute Gasteiger partial charge is 0.347 e. The number of nitrogens with zero attached hydrogens (tertiary/aromatic N) is 2. The minimum Gasteiger partial charge on any atom is -0.347 e. The molecule has 3 rings (SSSR count). The molecule has 0 saturated heterocycles. The lowest BCUT2D eigenvalue weighted by Gasteiger charge is -2.11. The zero-order valence-corrected chi connectivity index (χ0v) is 17.9. The fourth-order valence-corrected chi connectivity index (χ4v) is 4.28. The van der Waals surface area contributed by atoms with E-state index < -0.39 is 10.0 Å². The summed E-state index contributed by atoms with van der Waals surface area (Å²) in [4.78, 5) is 14.0. The van der Waals surface area contributed by atoms with Crippen LogP contribution in [-0.2, 0) is 23.6 Å². The number of amides is 1. The van der Waals surface area contributed by atoms with E-state index in [9.17, 15) is 13.2 Å². The summed E-state index contributed by atoms with van der Waals surface area (Å²) >= 11 is 1.67. The predicted octanol–water partition coefficient (Wildman–Crippen LogP) is 3.08. The van der Waals surface area contributed by atoms with Crippen LogP contribution < -0.4 is 5.32 Å². The average Bonchev–Trinajstić information content (AvgIpc) is 3.02. The number of thioether (sulfide) groups is 1. The van der Waals surface area contributed by atoms with E-state index in [0.29, 0.717) is 17.6 Å². The molecule has 0 fully saturated rings. The monoisotopic (exact) mass is 417 g/mol. The maximum atomic E-state index is 12.7. The Balaban J connectivity index is 1.83. The summed E-state index contributed by atoms with van der Waals surface area (Å²) in [5.41, 5.74) is 2.30. The predicted molar refractivity (Wildman–Crippen MR) is 113 cm³/mol. The highest BCUT2D eigenvalue weighted by atomic mass is 32.2. The first-order valence-corrected chi connectivity index (χ1v) is 11.3. The van der Waals surface area contributed by atoms with E-state index in [1.807, 2.05) is 30.5 Å². The Morgan fingerprint density at radius 1 is 1.11 bits per heavy atom. The third-order valence-corrected chi connectivity index (χ3v) is 7.19. The number of nitrogens with one attached hydrogen (secondary N) is 1. The summed E-state index contributed by atoms with van der Waals surface area (Å²) in [5.74, 6) is -0.204. The van der Waals surface area contributed by atoms with Crippen molar-refractivity contribution in [2.45, 2.75) is 16.3 Å². The van der Waals surface area contributed by atoms with Crippen molar-refractivity contribution in [2.24, 2.45) is 7.05 Å². The van der Waals surface area contributed by atoms with Gasteiger partial charge in [0.05, 0.1) is 4.90 Å². The van der Waals surface area contributed by atoms with Gasteiger partial charge in [-0.15, -0.1) is 11.8 Å². The molecule has 0 spiro atoms. The lowest BCUT2D eigenvalue weighted by molar-refractivity contribution is 0.0943. The van der Waals surface area contributed by atoms with Gasteiger partial charge in [0.15, 0.2) is 0 Å². The van der Waals surface area contributed by atoms with Crippen molar-refractivity contribution in [3.05, 3.63) is 59.8 Å². The maximum absolute atomic E-state index is 12.7. The van der Waals surface area contributed by atoms with Gasteiger partial charge in [0, 0.05) is 43.5 Å². The number of fused-ring (bicyclic) bond motifs is 1. The van der Waals surface area contributed by atoms with Crippen LogP contribution in [0.25, 0.3) is 10.9 Å². The molecule has 0 atom stereocenters. The molecule has 0 unspecified atom stereocenters. The molecule has 0 saturated carbocycles. The molecule has 148 valence electrons. The molecule has 1 heterocycles. The van der Waals surface area contributed by atoms with Crippen LogP contribution in [0.4, 0.5) is 0 Å². The summed E-state index contributed by atoms with van der Waals surface area (Å²) in [5, 5.41) is 3.63. The Hall–Kier alpha value is -2.29. The lowest BCUT2D eigenvalue weighted by Crippen LogP contribution is -2.24. The first-order chi connectivity index (χ1) is 13.2. The van der Waals surface area contributed by atoms with Gasteiger partial charge in [-0.3, -0.25) is 4.79 Å². The number of aryl methyl sites for hydroxylation is 1. The summed E-state index contributed by atoms with van der Waals surface area (Å²) in [6.07, 6.45) is 2.02. The van der Waals surface area contributed by atoms with Gasteiger partial charge in [0.1, 0.15) is 5.69 Å². The topological polar surface area (TPSA) is 71.4 Å². The molecule has 3 aromatic rings. The van der Waals surface area contributed by atoms with E-state index in [4.69, 9.17) is 0 Å². The molecular weight excluding hydrogens is 394 g/mol. The van der Waals surface area contributed by atoms with Gasteiger partial charge in [-0.2, -0.15) is 0 Å². The smallest absolute Gasteiger partial charge is 0.268 e. The summed E-state index contributed by atoms with van der Waals surface area (Å²) in [6.45, 7) is 0.426. The van der Waals surface area contributed by atoms with Crippen LogP contribution >= 0.6 is 11.8 Å². The Bertz CT molecular complexity index is 1120. The molecule has 0 bridgehead atoms. The van der Waals surface area contributed by atoms with Crippen molar-refractivity contribution in [1.82, 2.24) is 14.2 Å². The molecule has 0 aliphatic heterocycles. The van der Waals surface area contributed by atoms with Crippen LogP contribution in [0.1, 0.15) is 16.1 Å². The number of benzene rings is 2. The van der Waals surface area contributed by atoms with Crippen molar-refractivity contribution in [3.8, 4) is 0 Å². The molecule has 0 radical (unpaired) electrons. The van der Waals surface area contributed by atoms with E-state index in [1.54, 1.807) is 47.6 Å². The fraction of sp³-hybridized carbons (Fsp3) is 0.250. The second-order valence-electron chi connectivity index (χ2n) is 6.63. The van der Waals surface area contributed by atoms with Gasteiger partial charge in [0.2, 0.25) is 10.0 Å². The Morgan fingerprint density at radius 3 is 2.39 bits per heavy atom. The third-order valence-electron chi connectivity index (χ3n) is 4.64. The first-order valence-electron chi connectivity index (χ1n) is 8.67. The van der Waals surface area contributed by atoms with Crippen LogP contribution in [0.3, 0.4) is 0 Å². The van der Waals surface area contributed by atoms with Gasteiger partial charge in [0.25, 0.3) is 5.91 Å². The number of hydrogen-bond acceptors (Lipinski definition) is 4. The second-order valence-corrected chi connectivity index (χ2v) is 9.66. The van der Waals surface area contributed by atoms with Gasteiger partial charge < -0.3 is 9.88 Å². The molecule has 1 N–H and O–H groups in total. The van der Waals surface area contributed by atoms with Gasteiger partial charge in [-0.05, 0) is 48.2 Å². The Morgan fingerprint density at radius 2 is 1.79 bits per heavy atom. The quantitative estimate of drug-likeness (QED) is 0.626. The number of carbonyl (C=O) groups is 1. The molecule has 0 aliphatic carbocycles. The number of hydrogen-bond donors (Lipinski definition) is 1. The molecule has 2 aromatic carbocycles. The van der Waals surface area contributed by atoms with Crippen molar-refractivity contribution in [2.75, 3.05) is 20.4 Å². The highest BCUT2D eigenvalue weighted by Crippen LogP contribution is 2.24. The summed E-state index contributed by atoms with van der Waals surface area (Å²) < 4.78 is 27.6. The highest BCUT2D eigenvalue weighted by Gasteiger charge is 2.19. The van der Waals surface area contributed by atoms with Crippen molar-refractivity contribution >= 4 is 38.6 Å². The van der Waals surface area contributed by atoms with Crippen LogP contribution in [0.5, 0.6) is 0 Å². The molecule has 1 amide bonds. The second kappa shape index (κ2) is 7.98. The SMILES string of the molecule is CSc1ccc(CNC(=O)c2cc3cc(S(=O)(=O)N(C)C)ccc3n2C)cc1. The molecular formula is C20H23N3O3S2. The van der Waals surface area contributed by atoms with E-state index in [1.165, 1.54) is 23.3 Å².